The summed E-state index contributed by atoms with van der Waals surface area (Å²) in [6.07, 6.45) is 1.98. The highest BCUT2D eigenvalue weighted by molar-refractivity contribution is 7.89. The molecule has 1 heterocycles. The summed E-state index contributed by atoms with van der Waals surface area (Å²) < 4.78 is 39.9. The Hall–Kier alpha value is -1.49. The first-order valence-corrected chi connectivity index (χ1v) is 8.36. The summed E-state index contributed by atoms with van der Waals surface area (Å²) in [4.78, 5) is -0.0414. The van der Waals surface area contributed by atoms with Crippen LogP contribution in [0.5, 0.6) is 0 Å². The molecule has 0 saturated carbocycles. The molecule has 1 unspecified atom stereocenters. The number of halogens is 1. The van der Waals surface area contributed by atoms with E-state index in [0.29, 0.717) is 13.1 Å². The van der Waals surface area contributed by atoms with Crippen LogP contribution in [0.4, 0.5) is 4.39 Å². The first kappa shape index (κ1) is 15.9. The molecule has 0 aliphatic carbocycles. The number of hydrogen-bond acceptors (Lipinski definition) is 4. The predicted molar refractivity (Wildman–Crippen MR) is 76.6 cm³/mol. The molecule has 1 atom stereocenters. The lowest BCUT2D eigenvalue weighted by Crippen LogP contribution is -2.40. The lowest BCUT2D eigenvalue weighted by atomic mass is 10.2. The molecule has 1 aromatic carbocycles. The van der Waals surface area contributed by atoms with Crippen LogP contribution in [-0.2, 0) is 10.0 Å². The van der Waals surface area contributed by atoms with E-state index in [-0.39, 0.29) is 16.5 Å². The molecule has 7 heteroatoms. The van der Waals surface area contributed by atoms with E-state index in [0.717, 1.165) is 31.5 Å². The smallest absolute Gasteiger partial charge is 0.243 e. The molecule has 114 valence electrons. The van der Waals surface area contributed by atoms with E-state index in [9.17, 15) is 12.8 Å². The van der Waals surface area contributed by atoms with E-state index in [4.69, 9.17) is 5.26 Å². The average Bonchev–Trinajstić information content (AvgIpc) is 2.97. The van der Waals surface area contributed by atoms with Gasteiger partial charge in [0.2, 0.25) is 10.0 Å². The largest absolute Gasteiger partial charge is 0.313 e. The van der Waals surface area contributed by atoms with Crippen LogP contribution in [0.15, 0.2) is 23.1 Å². The zero-order chi connectivity index (χ0) is 15.5. The van der Waals surface area contributed by atoms with Crippen molar-refractivity contribution in [1.82, 2.24) is 9.62 Å². The molecule has 21 heavy (non-hydrogen) atoms. The number of nitriles is 1. The van der Waals surface area contributed by atoms with Crippen molar-refractivity contribution in [2.24, 2.45) is 0 Å². The summed E-state index contributed by atoms with van der Waals surface area (Å²) in [6, 6.07) is 5.13. The van der Waals surface area contributed by atoms with Crippen molar-refractivity contribution >= 4 is 10.0 Å². The minimum absolute atomic E-state index is 0.0414. The average molecular weight is 311 g/mol. The molecule has 2 rings (SSSR count). The molecular weight excluding hydrogens is 293 g/mol. The van der Waals surface area contributed by atoms with E-state index in [2.05, 4.69) is 5.32 Å². The van der Waals surface area contributed by atoms with E-state index in [1.165, 1.54) is 10.4 Å². The Morgan fingerprint density at radius 3 is 2.86 bits per heavy atom. The van der Waals surface area contributed by atoms with Gasteiger partial charge in [0.05, 0.1) is 10.5 Å². The van der Waals surface area contributed by atoms with Crippen molar-refractivity contribution in [1.29, 1.82) is 5.26 Å². The van der Waals surface area contributed by atoms with Gasteiger partial charge in [-0.05, 0) is 37.6 Å². The van der Waals surface area contributed by atoms with E-state index >= 15 is 0 Å². The zero-order valence-electron chi connectivity index (χ0n) is 11.8. The van der Waals surface area contributed by atoms with Crippen molar-refractivity contribution in [2.75, 3.05) is 19.6 Å². The molecule has 0 amide bonds. The van der Waals surface area contributed by atoms with Gasteiger partial charge in [-0.1, -0.05) is 6.92 Å². The van der Waals surface area contributed by atoms with Gasteiger partial charge < -0.3 is 5.32 Å². The van der Waals surface area contributed by atoms with Gasteiger partial charge in [0.1, 0.15) is 11.9 Å². The molecule has 1 fully saturated rings. The fourth-order valence-corrected chi connectivity index (χ4v) is 3.98. The summed E-state index contributed by atoms with van der Waals surface area (Å²) in [5, 5.41) is 12.1. The number of rotatable bonds is 5. The Labute approximate surface area is 124 Å². The summed E-state index contributed by atoms with van der Waals surface area (Å²) in [6.45, 7) is 3.39. The third-order valence-electron chi connectivity index (χ3n) is 3.64. The molecule has 1 aliphatic rings. The summed E-state index contributed by atoms with van der Waals surface area (Å²) in [5.74, 6) is -0.711. The number of hydrogen-bond donors (Lipinski definition) is 1. The molecule has 0 radical (unpaired) electrons. The Kier molecular flexibility index (Phi) is 4.93. The molecule has 1 aliphatic heterocycles. The first-order chi connectivity index (χ1) is 9.98. The van der Waals surface area contributed by atoms with Crippen molar-refractivity contribution in [3.63, 3.8) is 0 Å². The maximum absolute atomic E-state index is 13.3. The fraction of sp³-hybridized carbons (Fsp3) is 0.500. The van der Waals surface area contributed by atoms with Crippen LogP contribution in [0.3, 0.4) is 0 Å². The molecule has 1 N–H and O–H groups in total. The van der Waals surface area contributed by atoms with E-state index < -0.39 is 15.8 Å². The first-order valence-electron chi connectivity index (χ1n) is 6.92. The highest BCUT2D eigenvalue weighted by Crippen LogP contribution is 2.20. The number of likely N-dealkylation sites (N-methyl/N-ethyl adjacent to an activating group) is 1. The molecule has 5 nitrogen and oxygen atoms in total. The zero-order valence-corrected chi connectivity index (χ0v) is 12.7. The topological polar surface area (TPSA) is 73.2 Å². The van der Waals surface area contributed by atoms with Crippen LogP contribution < -0.4 is 5.32 Å². The third kappa shape index (κ3) is 3.40. The van der Waals surface area contributed by atoms with Gasteiger partial charge in [-0.2, -0.15) is 9.57 Å². The molecule has 1 saturated heterocycles. The van der Waals surface area contributed by atoms with Gasteiger partial charge in [0.25, 0.3) is 0 Å². The number of nitrogens with zero attached hydrogens (tertiary/aromatic N) is 2. The van der Waals surface area contributed by atoms with Crippen molar-refractivity contribution in [3.8, 4) is 6.07 Å². The molecular formula is C14H18FN3O2S. The second kappa shape index (κ2) is 6.52. The van der Waals surface area contributed by atoms with E-state index in [1.54, 1.807) is 13.0 Å². The van der Waals surface area contributed by atoms with Gasteiger partial charge >= 0.3 is 0 Å². The maximum Gasteiger partial charge on any atom is 0.243 e. The third-order valence-corrected chi connectivity index (χ3v) is 5.57. The summed E-state index contributed by atoms with van der Waals surface area (Å²) in [5.41, 5.74) is -0.258. The van der Waals surface area contributed by atoms with Gasteiger partial charge in [0.15, 0.2) is 0 Å². The van der Waals surface area contributed by atoms with Gasteiger partial charge in [-0.3, -0.25) is 0 Å². The number of benzene rings is 1. The Morgan fingerprint density at radius 2 is 2.29 bits per heavy atom. The van der Waals surface area contributed by atoms with Crippen molar-refractivity contribution < 1.29 is 12.8 Å². The minimum Gasteiger partial charge on any atom is -0.313 e. The van der Waals surface area contributed by atoms with Crippen LogP contribution in [0.2, 0.25) is 0 Å². The highest BCUT2D eigenvalue weighted by Gasteiger charge is 2.27. The van der Waals surface area contributed by atoms with Crippen LogP contribution in [0.25, 0.3) is 0 Å². The molecule has 1 aromatic rings. The second-order valence-electron chi connectivity index (χ2n) is 5.00. The fourth-order valence-electron chi connectivity index (χ4n) is 2.46. The van der Waals surface area contributed by atoms with Crippen molar-refractivity contribution in [3.05, 3.63) is 29.6 Å². The SMILES string of the molecule is CCN(CC1CCCN1)S(=O)(=O)c1ccc(F)c(C#N)c1. The standard InChI is InChI=1S/C14H18FN3O2S/c1-2-18(10-12-4-3-7-17-12)21(19,20)13-5-6-14(15)11(8-13)9-16/h5-6,8,12,17H,2-4,7,10H2,1H3. The van der Waals surface area contributed by atoms with Gasteiger partial charge in [0, 0.05) is 19.1 Å². The second-order valence-corrected chi connectivity index (χ2v) is 6.94. The molecule has 0 aromatic heterocycles. The Bertz CT molecular complexity index is 649. The van der Waals surface area contributed by atoms with Gasteiger partial charge in [-0.15, -0.1) is 0 Å². The maximum atomic E-state index is 13.3. The minimum atomic E-state index is -3.71. The summed E-state index contributed by atoms with van der Waals surface area (Å²) >= 11 is 0. The number of nitrogens with one attached hydrogen (secondary N) is 1. The van der Waals surface area contributed by atoms with Crippen LogP contribution >= 0.6 is 0 Å². The van der Waals surface area contributed by atoms with E-state index in [1.807, 2.05) is 0 Å². The summed E-state index contributed by atoms with van der Waals surface area (Å²) in [7, 11) is -3.71. The van der Waals surface area contributed by atoms with Crippen LogP contribution in [0.1, 0.15) is 25.3 Å². The van der Waals surface area contributed by atoms with Gasteiger partial charge in [-0.25, -0.2) is 12.8 Å². The predicted octanol–water partition coefficient (Wildman–Crippen LogP) is 1.46. The lowest BCUT2D eigenvalue weighted by molar-refractivity contribution is 0.383. The lowest BCUT2D eigenvalue weighted by Gasteiger charge is -2.24. The normalized spacial score (nSPS) is 18.9. The van der Waals surface area contributed by atoms with Crippen LogP contribution in [0, 0.1) is 17.1 Å². The van der Waals surface area contributed by atoms with Crippen molar-refractivity contribution in [2.45, 2.75) is 30.7 Å². The molecule has 0 spiro atoms. The number of sulfonamides is 1. The van der Waals surface area contributed by atoms with Crippen LogP contribution in [-0.4, -0.2) is 38.4 Å². The molecule has 0 bridgehead atoms. The Balaban J connectivity index is 2.28. The Morgan fingerprint density at radius 1 is 1.52 bits per heavy atom. The monoisotopic (exact) mass is 311 g/mol. The highest BCUT2D eigenvalue weighted by atomic mass is 32.2. The quantitative estimate of drug-likeness (QED) is 0.893.